The van der Waals surface area contributed by atoms with E-state index in [4.69, 9.17) is 0 Å². The van der Waals surface area contributed by atoms with E-state index in [1.165, 1.54) is 167 Å². The Labute approximate surface area is 435 Å². The predicted octanol–water partition coefficient (Wildman–Crippen LogP) is 20.0. The van der Waals surface area contributed by atoms with E-state index in [-0.39, 0.29) is 12.5 Å². The largest absolute Gasteiger partial charge is 0.394 e. The first-order valence-electron chi connectivity index (χ1n) is 29.7. The number of hydrogen-bond acceptors (Lipinski definition) is 3. The summed E-state index contributed by atoms with van der Waals surface area (Å²) in [5.74, 6) is -0.0771. The van der Waals surface area contributed by atoms with E-state index in [2.05, 4.69) is 129 Å². The molecule has 0 aliphatic carbocycles. The maximum Gasteiger partial charge on any atom is 0.220 e. The zero-order valence-corrected chi connectivity index (χ0v) is 46.0. The van der Waals surface area contributed by atoms with Crippen LogP contribution in [0.4, 0.5) is 0 Å². The van der Waals surface area contributed by atoms with Gasteiger partial charge >= 0.3 is 0 Å². The van der Waals surface area contributed by atoms with Crippen molar-refractivity contribution in [3.63, 3.8) is 0 Å². The highest BCUT2D eigenvalue weighted by atomic mass is 16.3. The van der Waals surface area contributed by atoms with Crippen molar-refractivity contribution in [2.75, 3.05) is 6.61 Å². The van der Waals surface area contributed by atoms with Gasteiger partial charge in [-0.2, -0.15) is 0 Å². The summed E-state index contributed by atoms with van der Waals surface area (Å²) in [6.07, 6.45) is 92.2. The van der Waals surface area contributed by atoms with Gasteiger partial charge in [-0.25, -0.2) is 0 Å². The third-order valence-corrected chi connectivity index (χ3v) is 12.9. The standard InChI is InChI=1S/C66H113NO3/c1-3-5-7-9-11-13-15-17-19-21-23-24-25-26-27-28-29-30-31-32-33-34-35-36-37-38-39-40-41-42-44-46-48-50-52-54-56-58-60-62-66(70)67-64(63-68)65(69)61-59-57-55-53-51-49-47-45-43-22-20-18-16-14-12-10-8-6-4-2/h5,7,11,13,17,19,23-24,26-27,29-30,32-33,35-36,51,53,59,61,64-65,68-69H,3-4,6,8-10,12,14-16,18,20-22,25,28,31,34,37-50,52,54-58,60,62-63H2,1-2H3,(H,67,70)/b7-5-,13-11-,19-17-,24-23-,27-26-,30-29-,33-32-,36-35-,53-51+,61-59+. The zero-order chi connectivity index (χ0) is 50.6. The Kier molecular flexibility index (Phi) is 57.3. The monoisotopic (exact) mass is 968 g/mol. The van der Waals surface area contributed by atoms with Crippen LogP contribution in [-0.2, 0) is 4.79 Å². The molecule has 0 radical (unpaired) electrons. The number of hydrogen-bond donors (Lipinski definition) is 3. The minimum absolute atomic E-state index is 0.0771. The maximum atomic E-state index is 12.5. The van der Waals surface area contributed by atoms with Crippen LogP contribution >= 0.6 is 0 Å². The first-order chi connectivity index (χ1) is 34.7. The molecule has 2 atom stereocenters. The van der Waals surface area contributed by atoms with Crippen molar-refractivity contribution in [2.45, 2.75) is 283 Å². The Morgan fingerprint density at radius 1 is 0.357 bits per heavy atom. The van der Waals surface area contributed by atoms with Gasteiger partial charge in [0.25, 0.3) is 0 Å². The van der Waals surface area contributed by atoms with Gasteiger partial charge in [-0.1, -0.05) is 289 Å². The number of amides is 1. The molecule has 0 rings (SSSR count). The Balaban J connectivity index is 3.57. The Hall–Kier alpha value is -3.21. The summed E-state index contributed by atoms with van der Waals surface area (Å²) in [6, 6.07) is -0.646. The zero-order valence-electron chi connectivity index (χ0n) is 46.0. The number of carbonyl (C=O) groups is 1. The molecule has 4 heteroatoms. The van der Waals surface area contributed by atoms with E-state index < -0.39 is 12.1 Å². The maximum absolute atomic E-state index is 12.5. The number of nitrogens with one attached hydrogen (secondary N) is 1. The molecule has 400 valence electrons. The van der Waals surface area contributed by atoms with Crippen LogP contribution in [0.25, 0.3) is 0 Å². The van der Waals surface area contributed by atoms with E-state index >= 15 is 0 Å². The summed E-state index contributed by atoms with van der Waals surface area (Å²) in [5.41, 5.74) is 0. The summed E-state index contributed by atoms with van der Waals surface area (Å²) in [6.45, 7) is 4.19. The molecule has 3 N–H and O–H groups in total. The van der Waals surface area contributed by atoms with Gasteiger partial charge in [0.1, 0.15) is 0 Å². The second-order valence-corrected chi connectivity index (χ2v) is 19.7. The fourth-order valence-electron chi connectivity index (χ4n) is 8.45. The number of carbonyl (C=O) groups excluding carboxylic acids is 1. The Morgan fingerprint density at radius 3 is 1.00 bits per heavy atom. The lowest BCUT2D eigenvalue weighted by molar-refractivity contribution is -0.123. The lowest BCUT2D eigenvalue weighted by atomic mass is 10.0. The molecule has 0 aromatic heterocycles. The quantitative estimate of drug-likeness (QED) is 0.0420. The van der Waals surface area contributed by atoms with Gasteiger partial charge in [-0.3, -0.25) is 4.79 Å². The van der Waals surface area contributed by atoms with E-state index in [1.54, 1.807) is 6.08 Å². The molecule has 0 spiro atoms. The average molecular weight is 969 g/mol. The van der Waals surface area contributed by atoms with Gasteiger partial charge in [0, 0.05) is 6.42 Å². The third kappa shape index (κ3) is 55.7. The molecule has 0 saturated carbocycles. The molecule has 4 nitrogen and oxygen atoms in total. The van der Waals surface area contributed by atoms with Gasteiger partial charge in [0.15, 0.2) is 0 Å². The van der Waals surface area contributed by atoms with Gasteiger partial charge in [0.2, 0.25) is 5.91 Å². The highest BCUT2D eigenvalue weighted by Crippen LogP contribution is 2.16. The SMILES string of the molecule is CC/C=C\C/C=C\C/C=C\C/C=C\C/C=C\C/C=C\C/C=C\C/C=C\CCCCCCCCCCCCCCCCC(=O)NC(CO)C(O)/C=C/CC/C=C/CCCCCCCCCCCCCCC. The molecular weight excluding hydrogens is 855 g/mol. The first kappa shape index (κ1) is 66.8. The lowest BCUT2D eigenvalue weighted by Gasteiger charge is -2.19. The number of unbranched alkanes of at least 4 members (excludes halogenated alkanes) is 28. The van der Waals surface area contributed by atoms with Gasteiger partial charge < -0.3 is 15.5 Å². The van der Waals surface area contributed by atoms with Crippen molar-refractivity contribution in [3.05, 3.63) is 122 Å². The molecule has 0 aliphatic heterocycles. The van der Waals surface area contributed by atoms with Crippen molar-refractivity contribution < 1.29 is 15.0 Å². The molecule has 2 unspecified atom stereocenters. The molecule has 0 heterocycles. The van der Waals surface area contributed by atoms with Crippen LogP contribution in [0.15, 0.2) is 122 Å². The molecular formula is C66H113NO3. The molecule has 0 aliphatic rings. The molecule has 70 heavy (non-hydrogen) atoms. The van der Waals surface area contributed by atoms with Crippen molar-refractivity contribution in [1.82, 2.24) is 5.32 Å². The summed E-state index contributed by atoms with van der Waals surface area (Å²) in [7, 11) is 0. The first-order valence-corrected chi connectivity index (χ1v) is 29.7. The molecule has 0 aromatic rings. The predicted molar refractivity (Wildman–Crippen MR) is 312 cm³/mol. The van der Waals surface area contributed by atoms with Crippen LogP contribution in [0.3, 0.4) is 0 Å². The molecule has 1 amide bonds. The van der Waals surface area contributed by atoms with E-state index in [0.717, 1.165) is 83.5 Å². The average Bonchev–Trinajstić information content (AvgIpc) is 3.36. The highest BCUT2D eigenvalue weighted by Gasteiger charge is 2.18. The molecule has 0 fully saturated rings. The number of rotatable bonds is 53. The van der Waals surface area contributed by atoms with Crippen molar-refractivity contribution in [2.24, 2.45) is 0 Å². The van der Waals surface area contributed by atoms with Crippen molar-refractivity contribution >= 4 is 5.91 Å². The Morgan fingerprint density at radius 2 is 0.643 bits per heavy atom. The summed E-state index contributed by atoms with van der Waals surface area (Å²) in [5, 5.41) is 23.1. The third-order valence-electron chi connectivity index (χ3n) is 12.9. The fraction of sp³-hybridized carbons (Fsp3) is 0.682. The van der Waals surface area contributed by atoms with Crippen LogP contribution in [0, 0.1) is 0 Å². The summed E-state index contributed by atoms with van der Waals surface area (Å²) in [4.78, 5) is 12.5. The summed E-state index contributed by atoms with van der Waals surface area (Å²) < 4.78 is 0. The number of aliphatic hydroxyl groups is 2. The minimum atomic E-state index is -0.869. The molecule has 0 saturated heterocycles. The van der Waals surface area contributed by atoms with Crippen LogP contribution in [0.5, 0.6) is 0 Å². The second kappa shape index (κ2) is 60.1. The number of allylic oxidation sites excluding steroid dienone is 19. The van der Waals surface area contributed by atoms with Crippen LogP contribution in [0.1, 0.15) is 271 Å². The van der Waals surface area contributed by atoms with Crippen LogP contribution in [-0.4, -0.2) is 34.9 Å². The topological polar surface area (TPSA) is 69.6 Å². The van der Waals surface area contributed by atoms with Crippen LogP contribution < -0.4 is 5.32 Å². The second-order valence-electron chi connectivity index (χ2n) is 19.7. The minimum Gasteiger partial charge on any atom is -0.394 e. The smallest absolute Gasteiger partial charge is 0.220 e. The van der Waals surface area contributed by atoms with Gasteiger partial charge in [0.05, 0.1) is 18.8 Å². The van der Waals surface area contributed by atoms with E-state index in [1.807, 2.05) is 6.08 Å². The normalized spacial score (nSPS) is 13.7. The van der Waals surface area contributed by atoms with Gasteiger partial charge in [-0.15, -0.1) is 0 Å². The molecule has 0 aromatic carbocycles. The Bertz CT molecular complexity index is 1380. The van der Waals surface area contributed by atoms with E-state index in [9.17, 15) is 15.0 Å². The fourth-order valence-corrected chi connectivity index (χ4v) is 8.45. The van der Waals surface area contributed by atoms with Gasteiger partial charge in [-0.05, 0) is 96.3 Å². The lowest BCUT2D eigenvalue weighted by Crippen LogP contribution is -2.45. The highest BCUT2D eigenvalue weighted by molar-refractivity contribution is 5.76. The van der Waals surface area contributed by atoms with Crippen molar-refractivity contribution in [1.29, 1.82) is 0 Å². The van der Waals surface area contributed by atoms with Crippen molar-refractivity contribution in [3.8, 4) is 0 Å². The van der Waals surface area contributed by atoms with E-state index in [0.29, 0.717) is 6.42 Å². The van der Waals surface area contributed by atoms with Crippen LogP contribution in [0.2, 0.25) is 0 Å². The molecule has 0 bridgehead atoms. The number of aliphatic hydroxyl groups excluding tert-OH is 2. The summed E-state index contributed by atoms with van der Waals surface area (Å²) >= 11 is 0.